The van der Waals surface area contributed by atoms with Crippen LogP contribution in [0, 0.1) is 0 Å². The van der Waals surface area contributed by atoms with Crippen LogP contribution >= 0.6 is 15.9 Å². The summed E-state index contributed by atoms with van der Waals surface area (Å²) in [4.78, 5) is 2.49. The summed E-state index contributed by atoms with van der Waals surface area (Å²) < 4.78 is 1.14. The second-order valence-electron chi connectivity index (χ2n) is 5.35. The molecule has 1 heterocycles. The monoisotopic (exact) mass is 330 g/mol. The first-order chi connectivity index (χ1) is 9.74. The van der Waals surface area contributed by atoms with Crippen LogP contribution in [0.1, 0.15) is 18.5 Å². The molecule has 2 nitrogen and oxygen atoms in total. The summed E-state index contributed by atoms with van der Waals surface area (Å²) in [5.41, 5.74) is 2.65. The highest BCUT2D eigenvalue weighted by molar-refractivity contribution is 9.10. The molecular weight excluding hydrogens is 312 g/mol. The lowest BCUT2D eigenvalue weighted by Gasteiger charge is -2.40. The molecule has 0 bridgehead atoms. The standard InChI is InChI=1S/C17H19BrN2/c1-13-11-19-17(14-6-3-2-4-7-14)12-20(13)16-9-5-8-15(18)10-16/h2-10,13,17,19H,11-12H2,1H3. The third-order valence-corrected chi connectivity index (χ3v) is 4.41. The quantitative estimate of drug-likeness (QED) is 0.895. The zero-order valence-corrected chi connectivity index (χ0v) is 13.2. The van der Waals surface area contributed by atoms with Crippen LogP contribution in [0.25, 0.3) is 0 Å². The first-order valence-electron chi connectivity index (χ1n) is 7.04. The Morgan fingerprint density at radius 3 is 2.65 bits per heavy atom. The van der Waals surface area contributed by atoms with Crippen molar-refractivity contribution in [2.75, 3.05) is 18.0 Å². The van der Waals surface area contributed by atoms with E-state index in [4.69, 9.17) is 0 Å². The molecule has 1 saturated heterocycles. The number of hydrogen-bond donors (Lipinski definition) is 1. The number of piperazine rings is 1. The first kappa shape index (κ1) is 13.7. The molecular formula is C17H19BrN2. The van der Waals surface area contributed by atoms with Crippen LogP contribution in [-0.4, -0.2) is 19.1 Å². The molecule has 2 unspecified atom stereocenters. The largest absolute Gasteiger partial charge is 0.366 e. The summed E-state index contributed by atoms with van der Waals surface area (Å²) in [5.74, 6) is 0. The average molecular weight is 331 g/mol. The van der Waals surface area contributed by atoms with Crippen molar-refractivity contribution < 1.29 is 0 Å². The summed E-state index contributed by atoms with van der Waals surface area (Å²) in [6, 6.07) is 20.2. The Balaban J connectivity index is 1.84. The van der Waals surface area contributed by atoms with Crippen LogP contribution in [0.2, 0.25) is 0 Å². The summed E-state index contributed by atoms with van der Waals surface area (Å²) in [7, 11) is 0. The van der Waals surface area contributed by atoms with E-state index in [2.05, 4.69) is 87.7 Å². The Labute approximate surface area is 128 Å². The SMILES string of the molecule is CC1CNC(c2ccccc2)CN1c1cccc(Br)c1. The first-order valence-corrected chi connectivity index (χ1v) is 7.84. The molecule has 1 aliphatic rings. The molecule has 1 aliphatic heterocycles. The van der Waals surface area contributed by atoms with Crippen LogP contribution in [0.4, 0.5) is 5.69 Å². The molecule has 1 fully saturated rings. The predicted molar refractivity (Wildman–Crippen MR) is 88.1 cm³/mol. The highest BCUT2D eigenvalue weighted by Crippen LogP contribution is 2.27. The summed E-state index contributed by atoms with van der Waals surface area (Å²) in [6.45, 7) is 4.28. The van der Waals surface area contributed by atoms with Crippen LogP contribution in [0.3, 0.4) is 0 Å². The van der Waals surface area contributed by atoms with E-state index in [9.17, 15) is 0 Å². The van der Waals surface area contributed by atoms with E-state index in [-0.39, 0.29) is 0 Å². The van der Waals surface area contributed by atoms with Crippen LogP contribution < -0.4 is 10.2 Å². The molecule has 0 radical (unpaired) electrons. The van der Waals surface area contributed by atoms with Crippen molar-refractivity contribution in [3.63, 3.8) is 0 Å². The van der Waals surface area contributed by atoms with Gasteiger partial charge < -0.3 is 10.2 Å². The van der Waals surface area contributed by atoms with Crippen molar-refractivity contribution >= 4 is 21.6 Å². The van der Waals surface area contributed by atoms with Gasteiger partial charge in [-0.25, -0.2) is 0 Å². The van der Waals surface area contributed by atoms with Crippen molar-refractivity contribution in [3.8, 4) is 0 Å². The normalized spacial score (nSPS) is 22.8. The van der Waals surface area contributed by atoms with Crippen molar-refractivity contribution in [2.45, 2.75) is 19.0 Å². The van der Waals surface area contributed by atoms with E-state index in [0.29, 0.717) is 12.1 Å². The number of rotatable bonds is 2. The van der Waals surface area contributed by atoms with Gasteiger partial charge in [-0.3, -0.25) is 0 Å². The van der Waals surface area contributed by atoms with Crippen LogP contribution in [-0.2, 0) is 0 Å². The van der Waals surface area contributed by atoms with Gasteiger partial charge in [0.25, 0.3) is 0 Å². The van der Waals surface area contributed by atoms with Crippen LogP contribution in [0.15, 0.2) is 59.1 Å². The fourth-order valence-electron chi connectivity index (χ4n) is 2.79. The maximum Gasteiger partial charge on any atom is 0.0499 e. The molecule has 3 heteroatoms. The Kier molecular flexibility index (Phi) is 4.08. The molecule has 2 aromatic rings. The Bertz CT molecular complexity index is 570. The van der Waals surface area contributed by atoms with Gasteiger partial charge >= 0.3 is 0 Å². The Hall–Kier alpha value is -1.32. The molecule has 0 spiro atoms. The van der Waals surface area contributed by atoms with Gasteiger partial charge in [-0.1, -0.05) is 52.3 Å². The Morgan fingerprint density at radius 1 is 1.10 bits per heavy atom. The summed E-state index contributed by atoms with van der Waals surface area (Å²) in [5, 5.41) is 3.65. The zero-order chi connectivity index (χ0) is 13.9. The number of nitrogens with zero attached hydrogens (tertiary/aromatic N) is 1. The van der Waals surface area contributed by atoms with E-state index in [1.54, 1.807) is 0 Å². The fraction of sp³-hybridized carbons (Fsp3) is 0.294. The highest BCUT2D eigenvalue weighted by atomic mass is 79.9. The zero-order valence-electron chi connectivity index (χ0n) is 11.6. The maximum atomic E-state index is 3.65. The molecule has 3 rings (SSSR count). The van der Waals surface area contributed by atoms with Gasteiger partial charge in [0.2, 0.25) is 0 Å². The number of halogens is 1. The lowest BCUT2D eigenvalue weighted by molar-refractivity contribution is 0.414. The van der Waals surface area contributed by atoms with E-state index >= 15 is 0 Å². The molecule has 0 aliphatic carbocycles. The van der Waals surface area contributed by atoms with Crippen molar-refractivity contribution in [1.82, 2.24) is 5.32 Å². The second kappa shape index (κ2) is 5.98. The number of hydrogen-bond acceptors (Lipinski definition) is 2. The van der Waals surface area contributed by atoms with Gasteiger partial charge in [-0.15, -0.1) is 0 Å². The summed E-state index contributed by atoms with van der Waals surface area (Å²) in [6.07, 6.45) is 0. The molecule has 2 aromatic carbocycles. The van der Waals surface area contributed by atoms with E-state index in [1.807, 2.05) is 0 Å². The molecule has 2 atom stereocenters. The van der Waals surface area contributed by atoms with E-state index in [0.717, 1.165) is 17.6 Å². The van der Waals surface area contributed by atoms with Crippen LogP contribution in [0.5, 0.6) is 0 Å². The maximum absolute atomic E-state index is 3.65. The summed E-state index contributed by atoms with van der Waals surface area (Å²) >= 11 is 3.57. The van der Waals surface area contributed by atoms with E-state index < -0.39 is 0 Å². The third-order valence-electron chi connectivity index (χ3n) is 3.91. The fourth-order valence-corrected chi connectivity index (χ4v) is 3.17. The smallest absolute Gasteiger partial charge is 0.0499 e. The third kappa shape index (κ3) is 2.89. The number of benzene rings is 2. The highest BCUT2D eigenvalue weighted by Gasteiger charge is 2.25. The minimum atomic E-state index is 0.395. The number of nitrogens with one attached hydrogen (secondary N) is 1. The molecule has 0 aromatic heterocycles. The van der Waals surface area contributed by atoms with Gasteiger partial charge in [-0.05, 0) is 30.7 Å². The molecule has 0 amide bonds. The predicted octanol–water partition coefficient (Wildman–Crippen LogP) is 3.99. The molecule has 1 N–H and O–H groups in total. The molecule has 104 valence electrons. The van der Waals surface area contributed by atoms with Crippen molar-refractivity contribution in [3.05, 3.63) is 64.6 Å². The number of anilines is 1. The minimum absolute atomic E-state index is 0.395. The van der Waals surface area contributed by atoms with Crippen molar-refractivity contribution in [2.24, 2.45) is 0 Å². The van der Waals surface area contributed by atoms with Gasteiger partial charge in [0.05, 0.1) is 0 Å². The molecule has 0 saturated carbocycles. The van der Waals surface area contributed by atoms with Gasteiger partial charge in [0, 0.05) is 35.3 Å². The lowest BCUT2D eigenvalue weighted by atomic mass is 10.0. The average Bonchev–Trinajstić information content (AvgIpc) is 2.48. The van der Waals surface area contributed by atoms with Gasteiger partial charge in [-0.2, -0.15) is 0 Å². The Morgan fingerprint density at radius 2 is 1.90 bits per heavy atom. The van der Waals surface area contributed by atoms with Crippen molar-refractivity contribution in [1.29, 1.82) is 0 Å². The molecule has 20 heavy (non-hydrogen) atoms. The van der Waals surface area contributed by atoms with Gasteiger partial charge in [0.1, 0.15) is 0 Å². The van der Waals surface area contributed by atoms with Gasteiger partial charge in [0.15, 0.2) is 0 Å². The topological polar surface area (TPSA) is 15.3 Å². The minimum Gasteiger partial charge on any atom is -0.366 e. The second-order valence-corrected chi connectivity index (χ2v) is 6.27. The lowest BCUT2D eigenvalue weighted by Crippen LogP contribution is -2.51. The van der Waals surface area contributed by atoms with E-state index in [1.165, 1.54) is 11.3 Å².